The summed E-state index contributed by atoms with van der Waals surface area (Å²) in [6.07, 6.45) is 3.47. The summed E-state index contributed by atoms with van der Waals surface area (Å²) in [6.45, 7) is 0. The molecule has 0 fully saturated rings. The third-order valence-corrected chi connectivity index (χ3v) is 2.17. The minimum atomic E-state index is 0.503. The van der Waals surface area contributed by atoms with Crippen molar-refractivity contribution < 1.29 is 9.47 Å². The van der Waals surface area contributed by atoms with E-state index < -0.39 is 0 Å². The average Bonchev–Trinajstić information content (AvgIpc) is 2.67. The minimum Gasteiger partial charge on any atom is -0.493 e. The number of methoxy groups -OCH3 is 1. The molecule has 0 aliphatic carbocycles. The fourth-order valence-corrected chi connectivity index (χ4v) is 1.32. The zero-order valence-corrected chi connectivity index (χ0v) is 9.18. The molecule has 0 unspecified atom stereocenters. The van der Waals surface area contributed by atoms with Gasteiger partial charge < -0.3 is 19.8 Å². The Labute approximate surface area is 93.4 Å². The number of imidazole rings is 1. The summed E-state index contributed by atoms with van der Waals surface area (Å²) in [4.78, 5) is 4.06. The number of aryl methyl sites for hydroxylation is 1. The molecule has 84 valence electrons. The molecular formula is C11H13N3O2. The maximum Gasteiger partial charge on any atom is 0.301 e. The average molecular weight is 219 g/mol. The SMILES string of the molecule is COc1cc(N)ccc1Oc1nccn1C. The van der Waals surface area contributed by atoms with E-state index in [1.165, 1.54) is 0 Å². The van der Waals surface area contributed by atoms with Crippen LogP contribution in [0.5, 0.6) is 17.5 Å². The van der Waals surface area contributed by atoms with Gasteiger partial charge in [-0.25, -0.2) is 4.98 Å². The van der Waals surface area contributed by atoms with Crippen LogP contribution in [0.15, 0.2) is 30.6 Å². The quantitative estimate of drug-likeness (QED) is 0.799. The summed E-state index contributed by atoms with van der Waals surface area (Å²) in [5, 5.41) is 0. The van der Waals surface area contributed by atoms with Crippen molar-refractivity contribution in [3.63, 3.8) is 0 Å². The van der Waals surface area contributed by atoms with Crippen molar-refractivity contribution >= 4 is 5.69 Å². The van der Waals surface area contributed by atoms with E-state index >= 15 is 0 Å². The molecule has 2 rings (SSSR count). The first-order valence-corrected chi connectivity index (χ1v) is 4.79. The zero-order chi connectivity index (χ0) is 11.5. The highest BCUT2D eigenvalue weighted by Crippen LogP contribution is 2.32. The molecular weight excluding hydrogens is 206 g/mol. The lowest BCUT2D eigenvalue weighted by atomic mass is 10.3. The molecule has 0 saturated carbocycles. The number of hydrogen-bond acceptors (Lipinski definition) is 4. The maximum absolute atomic E-state index is 5.65. The first kappa shape index (κ1) is 10.4. The Morgan fingerprint density at radius 2 is 2.12 bits per heavy atom. The van der Waals surface area contributed by atoms with Crippen LogP contribution in [0.1, 0.15) is 0 Å². The van der Waals surface area contributed by atoms with Crippen molar-refractivity contribution in [3.8, 4) is 17.5 Å². The third kappa shape index (κ3) is 1.93. The predicted octanol–water partition coefficient (Wildman–Crippen LogP) is 1.80. The molecule has 0 amide bonds. The summed E-state index contributed by atoms with van der Waals surface area (Å²) < 4.78 is 12.5. The lowest BCUT2D eigenvalue weighted by molar-refractivity contribution is 0.362. The van der Waals surface area contributed by atoms with Crippen LogP contribution in [-0.2, 0) is 7.05 Å². The molecule has 16 heavy (non-hydrogen) atoms. The van der Waals surface area contributed by atoms with Crippen LogP contribution >= 0.6 is 0 Å². The molecule has 0 bridgehead atoms. The Morgan fingerprint density at radius 3 is 2.75 bits per heavy atom. The van der Waals surface area contributed by atoms with Gasteiger partial charge in [0.1, 0.15) is 0 Å². The third-order valence-electron chi connectivity index (χ3n) is 2.17. The number of benzene rings is 1. The number of nitrogens with zero attached hydrogens (tertiary/aromatic N) is 2. The van der Waals surface area contributed by atoms with Crippen LogP contribution < -0.4 is 15.2 Å². The number of ether oxygens (including phenoxy) is 2. The van der Waals surface area contributed by atoms with Crippen molar-refractivity contribution in [3.05, 3.63) is 30.6 Å². The molecule has 1 aromatic heterocycles. The van der Waals surface area contributed by atoms with Crippen molar-refractivity contribution in [2.45, 2.75) is 0 Å². The Kier molecular flexibility index (Phi) is 2.68. The van der Waals surface area contributed by atoms with Gasteiger partial charge in [0.25, 0.3) is 0 Å². The van der Waals surface area contributed by atoms with E-state index in [2.05, 4.69) is 4.98 Å². The molecule has 0 spiro atoms. The maximum atomic E-state index is 5.65. The van der Waals surface area contributed by atoms with Crippen molar-refractivity contribution in [1.82, 2.24) is 9.55 Å². The van der Waals surface area contributed by atoms with E-state index in [9.17, 15) is 0 Å². The molecule has 0 aliphatic heterocycles. The second-order valence-corrected chi connectivity index (χ2v) is 3.33. The van der Waals surface area contributed by atoms with E-state index in [1.807, 2.05) is 7.05 Å². The van der Waals surface area contributed by atoms with Crippen LogP contribution in [0.3, 0.4) is 0 Å². The lowest BCUT2D eigenvalue weighted by Gasteiger charge is -2.09. The second-order valence-electron chi connectivity index (χ2n) is 3.33. The van der Waals surface area contributed by atoms with Gasteiger partial charge in [-0.15, -0.1) is 0 Å². The summed E-state index contributed by atoms with van der Waals surface area (Å²) in [5.74, 6) is 1.17. The zero-order valence-electron chi connectivity index (χ0n) is 9.18. The number of hydrogen-bond donors (Lipinski definition) is 1. The summed E-state index contributed by atoms with van der Waals surface area (Å²) in [6, 6.07) is 5.71. The van der Waals surface area contributed by atoms with Gasteiger partial charge in [0.2, 0.25) is 0 Å². The van der Waals surface area contributed by atoms with E-state index in [0.29, 0.717) is 23.2 Å². The first-order chi connectivity index (χ1) is 7.70. The number of nitrogen functional groups attached to an aromatic ring is 1. The molecule has 5 heteroatoms. The number of anilines is 1. The molecule has 1 heterocycles. The van der Waals surface area contributed by atoms with E-state index in [-0.39, 0.29) is 0 Å². The van der Waals surface area contributed by atoms with E-state index in [1.54, 1.807) is 42.3 Å². The van der Waals surface area contributed by atoms with Crippen molar-refractivity contribution in [2.24, 2.45) is 7.05 Å². The molecule has 2 aromatic rings. The van der Waals surface area contributed by atoms with Crippen molar-refractivity contribution in [1.29, 1.82) is 0 Å². The van der Waals surface area contributed by atoms with Crippen LogP contribution in [0.2, 0.25) is 0 Å². The van der Waals surface area contributed by atoms with Gasteiger partial charge in [0, 0.05) is 31.2 Å². The number of aromatic nitrogens is 2. The molecule has 0 aliphatic rings. The molecule has 5 nitrogen and oxygen atoms in total. The van der Waals surface area contributed by atoms with Crippen molar-refractivity contribution in [2.75, 3.05) is 12.8 Å². The van der Waals surface area contributed by atoms with Gasteiger partial charge in [0.05, 0.1) is 7.11 Å². The molecule has 0 radical (unpaired) electrons. The number of rotatable bonds is 3. The fraction of sp³-hybridized carbons (Fsp3) is 0.182. The smallest absolute Gasteiger partial charge is 0.301 e. The van der Waals surface area contributed by atoms with Crippen LogP contribution in [0, 0.1) is 0 Å². The van der Waals surface area contributed by atoms with Gasteiger partial charge >= 0.3 is 6.01 Å². The highest BCUT2D eigenvalue weighted by Gasteiger charge is 2.08. The Balaban J connectivity index is 2.31. The molecule has 0 atom stereocenters. The van der Waals surface area contributed by atoms with Gasteiger partial charge in [-0.05, 0) is 12.1 Å². The minimum absolute atomic E-state index is 0.503. The van der Waals surface area contributed by atoms with Crippen LogP contribution in [0.4, 0.5) is 5.69 Å². The van der Waals surface area contributed by atoms with Crippen LogP contribution in [-0.4, -0.2) is 16.7 Å². The standard InChI is InChI=1S/C11H13N3O2/c1-14-6-5-13-11(14)16-9-4-3-8(12)7-10(9)15-2/h3-7H,12H2,1-2H3. The van der Waals surface area contributed by atoms with E-state index in [4.69, 9.17) is 15.2 Å². The summed E-state index contributed by atoms with van der Waals surface area (Å²) in [5.41, 5.74) is 6.28. The van der Waals surface area contributed by atoms with Gasteiger partial charge in [-0.3, -0.25) is 0 Å². The Hall–Kier alpha value is -2.17. The second kappa shape index (κ2) is 4.14. The predicted molar refractivity (Wildman–Crippen MR) is 60.7 cm³/mol. The largest absolute Gasteiger partial charge is 0.493 e. The molecule has 1 aromatic carbocycles. The normalized spacial score (nSPS) is 10.1. The monoisotopic (exact) mass is 219 g/mol. The van der Waals surface area contributed by atoms with E-state index in [0.717, 1.165) is 0 Å². The summed E-state index contributed by atoms with van der Waals surface area (Å²) >= 11 is 0. The van der Waals surface area contributed by atoms with Gasteiger partial charge in [0.15, 0.2) is 11.5 Å². The lowest BCUT2D eigenvalue weighted by Crippen LogP contribution is -1.96. The molecule has 0 saturated heterocycles. The van der Waals surface area contributed by atoms with Gasteiger partial charge in [-0.1, -0.05) is 0 Å². The highest BCUT2D eigenvalue weighted by molar-refractivity contribution is 5.52. The molecule has 2 N–H and O–H groups in total. The first-order valence-electron chi connectivity index (χ1n) is 4.79. The summed E-state index contributed by atoms with van der Waals surface area (Å²) in [7, 11) is 3.42. The van der Waals surface area contributed by atoms with Gasteiger partial charge in [-0.2, -0.15) is 0 Å². The number of nitrogens with two attached hydrogens (primary N) is 1. The van der Waals surface area contributed by atoms with Crippen LogP contribution in [0.25, 0.3) is 0 Å². The Morgan fingerprint density at radius 1 is 1.31 bits per heavy atom. The fourth-order valence-electron chi connectivity index (χ4n) is 1.32. The Bertz CT molecular complexity index is 494. The highest BCUT2D eigenvalue weighted by atomic mass is 16.5. The topological polar surface area (TPSA) is 62.3 Å².